The number of hydrogen-bond donors (Lipinski definition) is 1. The maximum Gasteiger partial charge on any atom is 0.337 e. The van der Waals surface area contributed by atoms with Crippen molar-refractivity contribution in [3.8, 4) is 0 Å². The highest BCUT2D eigenvalue weighted by molar-refractivity contribution is 7.89. The molecule has 1 aliphatic rings. The van der Waals surface area contributed by atoms with E-state index in [1.54, 1.807) is 39.0 Å². The molecule has 0 atom stereocenters. The Labute approximate surface area is 163 Å². The average Bonchev–Trinajstić information content (AvgIpc) is 3.25. The van der Waals surface area contributed by atoms with Crippen molar-refractivity contribution < 1.29 is 27.2 Å². The van der Waals surface area contributed by atoms with Crippen LogP contribution in [0.2, 0.25) is 0 Å². The molecule has 1 N–H and O–H groups in total. The number of anilines is 1. The van der Waals surface area contributed by atoms with E-state index in [-0.39, 0.29) is 10.9 Å². The Morgan fingerprint density at radius 3 is 2.54 bits per heavy atom. The van der Waals surface area contributed by atoms with Crippen molar-refractivity contribution in [3.63, 3.8) is 0 Å². The van der Waals surface area contributed by atoms with Gasteiger partial charge in [-0.25, -0.2) is 17.9 Å². The van der Waals surface area contributed by atoms with Gasteiger partial charge in [0.15, 0.2) is 5.76 Å². The Morgan fingerprint density at radius 1 is 1.18 bits per heavy atom. The molecule has 2 heterocycles. The summed E-state index contributed by atoms with van der Waals surface area (Å²) in [5, 5.41) is -0.314. The molecule has 1 amide bonds. The molecule has 1 aromatic heterocycles. The fourth-order valence-corrected chi connectivity index (χ4v) is 4.38. The molecular weight excluding hydrogens is 384 g/mol. The molecule has 3 rings (SSSR count). The highest BCUT2D eigenvalue weighted by atomic mass is 32.2. The zero-order valence-electron chi connectivity index (χ0n) is 16.1. The van der Waals surface area contributed by atoms with Gasteiger partial charge < -0.3 is 14.1 Å². The predicted molar refractivity (Wildman–Crippen MR) is 102 cm³/mol. The van der Waals surface area contributed by atoms with E-state index in [1.165, 1.54) is 24.1 Å². The van der Waals surface area contributed by atoms with E-state index in [9.17, 15) is 18.0 Å². The Balaban J connectivity index is 1.84. The number of nitrogens with one attached hydrogen (secondary N) is 1. The lowest BCUT2D eigenvalue weighted by molar-refractivity contribution is 0.0600. The molecule has 28 heavy (non-hydrogen) atoms. The third-order valence-electron chi connectivity index (χ3n) is 4.14. The Kier molecular flexibility index (Phi) is 5.07. The number of fused-ring (bicyclic) bond motifs is 1. The first-order valence-corrected chi connectivity index (χ1v) is 10.2. The van der Waals surface area contributed by atoms with Crippen LogP contribution in [0.3, 0.4) is 0 Å². The van der Waals surface area contributed by atoms with Crippen LogP contribution in [-0.4, -0.2) is 39.5 Å². The van der Waals surface area contributed by atoms with Crippen molar-refractivity contribution in [2.45, 2.75) is 37.8 Å². The zero-order chi connectivity index (χ0) is 20.7. The Hall–Kier alpha value is -2.65. The van der Waals surface area contributed by atoms with E-state index in [4.69, 9.17) is 9.15 Å². The Bertz CT molecular complexity index is 1030. The van der Waals surface area contributed by atoms with Gasteiger partial charge in [0.2, 0.25) is 5.09 Å². The van der Waals surface area contributed by atoms with E-state index >= 15 is 0 Å². The van der Waals surface area contributed by atoms with Gasteiger partial charge in [-0.05, 0) is 63.1 Å². The molecule has 1 aromatic carbocycles. The highest BCUT2D eigenvalue weighted by Gasteiger charge is 2.31. The van der Waals surface area contributed by atoms with Crippen LogP contribution in [0.5, 0.6) is 0 Å². The van der Waals surface area contributed by atoms with Gasteiger partial charge in [-0.3, -0.25) is 4.79 Å². The third-order valence-corrected chi connectivity index (χ3v) is 5.77. The van der Waals surface area contributed by atoms with Crippen LogP contribution in [-0.2, 0) is 21.2 Å². The quantitative estimate of drug-likeness (QED) is 0.782. The van der Waals surface area contributed by atoms with Crippen LogP contribution in [0.25, 0.3) is 0 Å². The third kappa shape index (κ3) is 3.95. The molecule has 1 aliphatic heterocycles. The minimum absolute atomic E-state index is 0.0702. The second kappa shape index (κ2) is 7.06. The fourth-order valence-electron chi connectivity index (χ4n) is 3.02. The first-order chi connectivity index (χ1) is 13.0. The maximum absolute atomic E-state index is 12.8. The van der Waals surface area contributed by atoms with E-state index in [1.807, 2.05) is 0 Å². The summed E-state index contributed by atoms with van der Waals surface area (Å²) in [5.41, 5.74) is 1.23. The zero-order valence-corrected chi connectivity index (χ0v) is 16.9. The van der Waals surface area contributed by atoms with Crippen molar-refractivity contribution in [1.29, 1.82) is 0 Å². The lowest BCUT2D eigenvalue weighted by atomic mass is 10.1. The van der Waals surface area contributed by atoms with E-state index in [0.717, 1.165) is 5.56 Å². The number of carbonyl (C=O) groups is 2. The number of methoxy groups -OCH3 is 1. The summed E-state index contributed by atoms with van der Waals surface area (Å²) in [6.07, 6.45) is 0.573. The van der Waals surface area contributed by atoms with Crippen LogP contribution in [0, 0.1) is 0 Å². The normalized spacial score (nSPS) is 14.1. The van der Waals surface area contributed by atoms with E-state index in [2.05, 4.69) is 4.72 Å². The number of nitrogens with zero attached hydrogens (tertiary/aromatic N) is 1. The van der Waals surface area contributed by atoms with Gasteiger partial charge in [0.1, 0.15) is 0 Å². The van der Waals surface area contributed by atoms with Gasteiger partial charge in [-0.2, -0.15) is 0 Å². The largest absolute Gasteiger partial charge is 0.465 e. The number of carbonyl (C=O) groups excluding carboxylic acids is 2. The van der Waals surface area contributed by atoms with Crippen molar-refractivity contribution in [1.82, 2.24) is 4.72 Å². The summed E-state index contributed by atoms with van der Waals surface area (Å²) in [6.45, 7) is 5.54. The first kappa shape index (κ1) is 20.1. The molecule has 0 saturated carbocycles. The molecule has 150 valence electrons. The molecule has 0 radical (unpaired) electrons. The second-order valence-electron chi connectivity index (χ2n) is 7.52. The van der Waals surface area contributed by atoms with Gasteiger partial charge in [0, 0.05) is 17.8 Å². The minimum Gasteiger partial charge on any atom is -0.465 e. The summed E-state index contributed by atoms with van der Waals surface area (Å²) < 4.78 is 37.3. The molecule has 0 saturated heterocycles. The van der Waals surface area contributed by atoms with Crippen LogP contribution in [0.1, 0.15) is 47.2 Å². The van der Waals surface area contributed by atoms with Crippen molar-refractivity contribution in [2.75, 3.05) is 18.6 Å². The van der Waals surface area contributed by atoms with Gasteiger partial charge in [0.05, 0.1) is 12.7 Å². The van der Waals surface area contributed by atoms with Crippen molar-refractivity contribution >= 4 is 27.6 Å². The first-order valence-electron chi connectivity index (χ1n) is 8.69. The van der Waals surface area contributed by atoms with Crippen molar-refractivity contribution in [2.24, 2.45) is 0 Å². The predicted octanol–water partition coefficient (Wildman–Crippen LogP) is 2.35. The molecular formula is C19H22N2O6S. The van der Waals surface area contributed by atoms with Crippen LogP contribution >= 0.6 is 0 Å². The van der Waals surface area contributed by atoms with Crippen LogP contribution in [0.15, 0.2) is 39.8 Å². The number of ether oxygens (including phenoxy) is 1. The summed E-state index contributed by atoms with van der Waals surface area (Å²) >= 11 is 0. The monoisotopic (exact) mass is 406 g/mol. The summed E-state index contributed by atoms with van der Waals surface area (Å²) in [5.74, 6) is -0.958. The topological polar surface area (TPSA) is 106 Å². The van der Waals surface area contributed by atoms with E-state index < -0.39 is 27.4 Å². The maximum atomic E-state index is 12.8. The van der Waals surface area contributed by atoms with Crippen LogP contribution < -0.4 is 9.62 Å². The highest BCUT2D eigenvalue weighted by Crippen LogP contribution is 2.31. The molecule has 0 aliphatic carbocycles. The Morgan fingerprint density at radius 2 is 1.89 bits per heavy atom. The number of hydrogen-bond acceptors (Lipinski definition) is 6. The molecule has 0 bridgehead atoms. The van der Waals surface area contributed by atoms with Gasteiger partial charge in [0.25, 0.3) is 15.9 Å². The molecule has 0 fully saturated rings. The lowest BCUT2D eigenvalue weighted by Crippen LogP contribution is -2.40. The number of benzene rings is 1. The second-order valence-corrected chi connectivity index (χ2v) is 9.13. The number of amides is 1. The standard InChI is InChI=1S/C19H22N2O6S/c1-19(2,3)20-28(24,25)16-8-7-15(27-16)17(22)21-10-9-12-11-13(18(23)26-4)5-6-14(12)21/h5-8,11,20H,9-10H2,1-4H3. The van der Waals surface area contributed by atoms with Gasteiger partial charge >= 0.3 is 5.97 Å². The summed E-state index contributed by atoms with van der Waals surface area (Å²) in [7, 11) is -2.56. The lowest BCUT2D eigenvalue weighted by Gasteiger charge is -2.19. The minimum atomic E-state index is -3.87. The smallest absolute Gasteiger partial charge is 0.337 e. The molecule has 0 unspecified atom stereocenters. The van der Waals surface area contributed by atoms with Gasteiger partial charge in [-0.15, -0.1) is 0 Å². The van der Waals surface area contributed by atoms with Crippen LogP contribution in [0.4, 0.5) is 5.69 Å². The SMILES string of the molecule is COC(=O)c1ccc2c(c1)CCN2C(=O)c1ccc(S(=O)(=O)NC(C)(C)C)o1. The average molecular weight is 406 g/mol. The number of esters is 1. The molecule has 9 heteroatoms. The van der Waals surface area contributed by atoms with Crippen molar-refractivity contribution in [3.05, 3.63) is 47.2 Å². The fraction of sp³-hybridized carbons (Fsp3) is 0.368. The summed E-state index contributed by atoms with van der Waals surface area (Å²) in [4.78, 5) is 26.0. The van der Waals surface area contributed by atoms with Gasteiger partial charge in [-0.1, -0.05) is 0 Å². The number of furan rings is 1. The van der Waals surface area contributed by atoms with E-state index in [0.29, 0.717) is 24.2 Å². The molecule has 0 spiro atoms. The summed E-state index contributed by atoms with van der Waals surface area (Å²) in [6, 6.07) is 7.56. The number of sulfonamides is 1. The number of rotatable bonds is 4. The molecule has 2 aromatic rings. The molecule has 8 nitrogen and oxygen atoms in total.